The minimum absolute atomic E-state index is 0.0114. The SMILES string of the molecule is O=c1cc(C(F)(F)F)[nH]c2ccc(S(F)(F)(F)(F)F)cc12. The van der Waals surface area contributed by atoms with Gasteiger partial charge < -0.3 is 4.98 Å². The highest BCUT2D eigenvalue weighted by molar-refractivity contribution is 8.45. The van der Waals surface area contributed by atoms with Crippen molar-refractivity contribution in [3.05, 3.63) is 40.2 Å². The van der Waals surface area contributed by atoms with Crippen LogP contribution in [-0.4, -0.2) is 4.98 Å². The molecule has 0 saturated heterocycles. The zero-order chi connectivity index (χ0) is 16.3. The van der Waals surface area contributed by atoms with Gasteiger partial charge in [-0.1, -0.05) is 19.4 Å². The standard InChI is InChI=1S/C10H5F8NOS/c11-10(12,13)9-4-8(20)6-3-5(1-2-7(6)19-9)21(14,15,16,17)18/h1-4H,(H,19,20). The molecule has 0 unspecified atom stereocenters. The summed E-state index contributed by atoms with van der Waals surface area (Å²) in [6.07, 6.45) is -4.92. The molecule has 2 rings (SSSR count). The second-order valence-corrected chi connectivity index (χ2v) is 6.63. The third-order valence-corrected chi connectivity index (χ3v) is 3.70. The maximum absolute atomic E-state index is 12.6. The molecule has 0 radical (unpaired) electrons. The van der Waals surface area contributed by atoms with Crippen LogP contribution in [-0.2, 0) is 6.18 Å². The van der Waals surface area contributed by atoms with Gasteiger partial charge in [-0.05, 0) is 18.2 Å². The van der Waals surface area contributed by atoms with Crippen LogP contribution < -0.4 is 5.43 Å². The van der Waals surface area contributed by atoms with Gasteiger partial charge in [-0.3, -0.25) is 4.79 Å². The molecule has 118 valence electrons. The molecule has 1 aromatic carbocycles. The number of benzene rings is 1. The van der Waals surface area contributed by atoms with E-state index in [2.05, 4.69) is 0 Å². The molecule has 1 heterocycles. The zero-order valence-corrected chi connectivity index (χ0v) is 10.5. The molecule has 0 atom stereocenters. The third kappa shape index (κ3) is 3.12. The van der Waals surface area contributed by atoms with E-state index in [9.17, 15) is 37.4 Å². The predicted molar refractivity (Wildman–Crippen MR) is 61.0 cm³/mol. The monoisotopic (exact) mass is 339 g/mol. The third-order valence-electron chi connectivity index (χ3n) is 2.55. The molecule has 1 N–H and O–H groups in total. The van der Waals surface area contributed by atoms with E-state index in [0.29, 0.717) is 6.07 Å². The van der Waals surface area contributed by atoms with Gasteiger partial charge >= 0.3 is 16.4 Å². The first-order valence-electron chi connectivity index (χ1n) is 5.06. The number of pyridine rings is 1. The number of aromatic amines is 1. The number of rotatable bonds is 1. The van der Waals surface area contributed by atoms with Gasteiger partial charge in [-0.15, -0.1) is 0 Å². The van der Waals surface area contributed by atoms with Crippen LogP contribution in [0.2, 0.25) is 0 Å². The summed E-state index contributed by atoms with van der Waals surface area (Å²) in [6.45, 7) is 0. The van der Waals surface area contributed by atoms with Crippen molar-refractivity contribution in [3.63, 3.8) is 0 Å². The highest BCUT2D eigenvalue weighted by atomic mass is 32.5. The number of alkyl halides is 3. The number of nitrogens with one attached hydrogen (secondary N) is 1. The summed E-state index contributed by atoms with van der Waals surface area (Å²) in [4.78, 5) is 10.8. The Morgan fingerprint density at radius 3 is 2.00 bits per heavy atom. The lowest BCUT2D eigenvalue weighted by Gasteiger charge is -2.40. The van der Waals surface area contributed by atoms with Gasteiger partial charge in [0.1, 0.15) is 10.6 Å². The fraction of sp³-hybridized carbons (Fsp3) is 0.100. The number of hydrogen-bond donors (Lipinski definition) is 1. The Balaban J connectivity index is 2.80. The van der Waals surface area contributed by atoms with E-state index in [1.165, 1.54) is 0 Å². The molecule has 0 saturated carbocycles. The van der Waals surface area contributed by atoms with Gasteiger partial charge in [0, 0.05) is 17.0 Å². The average molecular weight is 339 g/mol. The van der Waals surface area contributed by atoms with Crippen molar-refractivity contribution in [1.29, 1.82) is 0 Å². The average Bonchev–Trinajstić information content (AvgIpc) is 2.24. The van der Waals surface area contributed by atoms with Gasteiger partial charge in [0.05, 0.1) is 0 Å². The van der Waals surface area contributed by atoms with Crippen molar-refractivity contribution in [2.45, 2.75) is 11.1 Å². The lowest BCUT2D eigenvalue weighted by molar-refractivity contribution is -0.141. The Hall–Kier alpha value is -1.78. The summed E-state index contributed by atoms with van der Waals surface area (Å²) in [5, 5.41) is -0.909. The molecule has 0 spiro atoms. The topological polar surface area (TPSA) is 32.9 Å². The maximum Gasteiger partial charge on any atom is 0.431 e. The first-order valence-corrected chi connectivity index (χ1v) is 7.01. The van der Waals surface area contributed by atoms with Crippen molar-refractivity contribution in [2.75, 3.05) is 0 Å². The molecule has 0 aliphatic rings. The Kier molecular flexibility index (Phi) is 2.61. The molecule has 11 heteroatoms. The number of fused-ring (bicyclic) bond motifs is 1. The van der Waals surface area contributed by atoms with Crippen molar-refractivity contribution < 1.29 is 32.6 Å². The first-order chi connectivity index (χ1) is 9.08. The fourth-order valence-corrected chi connectivity index (χ4v) is 2.28. The highest BCUT2D eigenvalue weighted by Gasteiger charge is 2.65. The smallest absolute Gasteiger partial charge is 0.351 e. The molecule has 2 aromatic rings. The van der Waals surface area contributed by atoms with Crippen molar-refractivity contribution >= 4 is 21.1 Å². The van der Waals surface area contributed by atoms with Crippen LogP contribution in [0.4, 0.5) is 32.6 Å². The Morgan fingerprint density at radius 2 is 1.52 bits per heavy atom. The molecular weight excluding hydrogens is 334 g/mol. The quantitative estimate of drug-likeness (QED) is 0.711. The summed E-state index contributed by atoms with van der Waals surface area (Å²) in [7, 11) is -10.0. The van der Waals surface area contributed by atoms with E-state index in [1.807, 2.05) is 0 Å². The molecule has 0 bridgehead atoms. The highest BCUT2D eigenvalue weighted by Crippen LogP contribution is 3.02. The maximum atomic E-state index is 12.6. The molecule has 0 fully saturated rings. The summed E-state index contributed by atoms with van der Waals surface area (Å²) >= 11 is 0. The van der Waals surface area contributed by atoms with Crippen molar-refractivity contribution in [3.8, 4) is 0 Å². The number of halogens is 8. The van der Waals surface area contributed by atoms with Gasteiger partial charge in [0.25, 0.3) is 0 Å². The molecule has 0 aliphatic heterocycles. The van der Waals surface area contributed by atoms with E-state index in [-0.39, 0.29) is 18.2 Å². The summed E-state index contributed by atoms with van der Waals surface area (Å²) in [6, 6.07) is 0.145. The van der Waals surface area contributed by atoms with E-state index >= 15 is 0 Å². The normalized spacial score (nSPS) is 16.6. The summed E-state index contributed by atoms with van der Waals surface area (Å²) < 4.78 is 100. The number of aromatic nitrogens is 1. The first kappa shape index (κ1) is 15.6. The molecule has 2 nitrogen and oxygen atoms in total. The van der Waals surface area contributed by atoms with Crippen molar-refractivity contribution in [1.82, 2.24) is 4.98 Å². The van der Waals surface area contributed by atoms with Gasteiger partial charge in [-0.2, -0.15) is 13.2 Å². The van der Waals surface area contributed by atoms with Crippen LogP contribution in [0, 0.1) is 0 Å². The number of hydrogen-bond acceptors (Lipinski definition) is 1. The van der Waals surface area contributed by atoms with Crippen LogP contribution in [0.1, 0.15) is 5.69 Å². The Bertz CT molecular complexity index is 789. The van der Waals surface area contributed by atoms with Gasteiger partial charge in [-0.25, -0.2) is 0 Å². The van der Waals surface area contributed by atoms with E-state index in [0.717, 1.165) is 0 Å². The lowest BCUT2D eigenvalue weighted by Crippen LogP contribution is -2.14. The lowest BCUT2D eigenvalue weighted by atomic mass is 10.2. The largest absolute Gasteiger partial charge is 0.431 e. The second-order valence-electron chi connectivity index (χ2n) is 4.22. The van der Waals surface area contributed by atoms with Gasteiger partial charge in [0.2, 0.25) is 0 Å². The van der Waals surface area contributed by atoms with Crippen LogP contribution >= 0.6 is 10.2 Å². The van der Waals surface area contributed by atoms with Gasteiger partial charge in [0.15, 0.2) is 5.43 Å². The van der Waals surface area contributed by atoms with Crippen LogP contribution in [0.25, 0.3) is 10.9 Å². The van der Waals surface area contributed by atoms with Crippen LogP contribution in [0.5, 0.6) is 0 Å². The summed E-state index contributed by atoms with van der Waals surface area (Å²) in [5.74, 6) is 0. The predicted octanol–water partition coefficient (Wildman–Crippen LogP) is 5.20. The molecule has 0 amide bonds. The Labute approximate surface area is 111 Å². The zero-order valence-electron chi connectivity index (χ0n) is 9.65. The van der Waals surface area contributed by atoms with E-state index in [4.69, 9.17) is 0 Å². The van der Waals surface area contributed by atoms with Crippen LogP contribution in [0.3, 0.4) is 0 Å². The second kappa shape index (κ2) is 3.51. The van der Waals surface area contributed by atoms with Crippen LogP contribution in [0.15, 0.2) is 34.0 Å². The molecular formula is C10H5F8NOS. The number of H-pyrrole nitrogens is 1. The minimum atomic E-state index is -10.0. The minimum Gasteiger partial charge on any atom is -0.351 e. The Morgan fingerprint density at radius 1 is 0.952 bits per heavy atom. The van der Waals surface area contributed by atoms with Crippen molar-refractivity contribution in [2.24, 2.45) is 0 Å². The molecule has 21 heavy (non-hydrogen) atoms. The fourth-order valence-electron chi connectivity index (χ4n) is 1.62. The summed E-state index contributed by atoms with van der Waals surface area (Å²) in [5.41, 5.74) is -3.56. The molecule has 0 aliphatic carbocycles. The van der Waals surface area contributed by atoms with E-state index < -0.39 is 43.3 Å². The van der Waals surface area contributed by atoms with E-state index in [1.54, 1.807) is 4.98 Å². The molecule has 1 aromatic heterocycles.